The first-order valence-corrected chi connectivity index (χ1v) is 9.33. The van der Waals surface area contributed by atoms with Gasteiger partial charge in [0.2, 0.25) is 15.9 Å². The van der Waals surface area contributed by atoms with Crippen LogP contribution in [0.15, 0.2) is 42.5 Å². The van der Waals surface area contributed by atoms with Gasteiger partial charge in [-0.05, 0) is 43.3 Å². The number of anilines is 2. The lowest BCUT2D eigenvalue weighted by Gasteiger charge is -2.28. The predicted octanol–water partition coefficient (Wildman–Crippen LogP) is 3.41. The second-order valence-corrected chi connectivity index (χ2v) is 7.60. The molecular formula is C16H15ClF2N2O3S. The van der Waals surface area contributed by atoms with Gasteiger partial charge in [0.1, 0.15) is 17.7 Å². The Morgan fingerprint density at radius 2 is 1.88 bits per heavy atom. The van der Waals surface area contributed by atoms with Gasteiger partial charge in [-0.2, -0.15) is 0 Å². The summed E-state index contributed by atoms with van der Waals surface area (Å²) < 4.78 is 51.6. The quantitative estimate of drug-likeness (QED) is 0.853. The molecule has 0 aliphatic rings. The lowest BCUT2D eigenvalue weighted by molar-refractivity contribution is -0.116. The Hall–Kier alpha value is -2.19. The van der Waals surface area contributed by atoms with Crippen LogP contribution in [0.25, 0.3) is 0 Å². The molecule has 0 unspecified atom stereocenters. The highest BCUT2D eigenvalue weighted by atomic mass is 35.5. The second-order valence-electron chi connectivity index (χ2n) is 5.33. The molecule has 0 fully saturated rings. The predicted molar refractivity (Wildman–Crippen MR) is 93.2 cm³/mol. The van der Waals surface area contributed by atoms with Crippen LogP contribution in [0.4, 0.5) is 20.2 Å². The van der Waals surface area contributed by atoms with Gasteiger partial charge in [0.25, 0.3) is 0 Å². The summed E-state index contributed by atoms with van der Waals surface area (Å²) in [6.07, 6.45) is 0.913. The molecule has 0 radical (unpaired) electrons. The van der Waals surface area contributed by atoms with E-state index in [0.29, 0.717) is 0 Å². The molecule has 0 saturated carbocycles. The minimum Gasteiger partial charge on any atom is -0.324 e. The molecule has 1 atom stereocenters. The van der Waals surface area contributed by atoms with E-state index in [9.17, 15) is 22.0 Å². The monoisotopic (exact) mass is 388 g/mol. The topological polar surface area (TPSA) is 66.5 Å². The summed E-state index contributed by atoms with van der Waals surface area (Å²) in [6, 6.07) is 7.28. The van der Waals surface area contributed by atoms with Crippen molar-refractivity contribution in [3.05, 3.63) is 59.1 Å². The van der Waals surface area contributed by atoms with Crippen molar-refractivity contribution in [2.75, 3.05) is 15.9 Å². The first kappa shape index (κ1) is 19.1. The first-order chi connectivity index (χ1) is 11.6. The summed E-state index contributed by atoms with van der Waals surface area (Å²) in [6.45, 7) is 1.35. The summed E-state index contributed by atoms with van der Waals surface area (Å²) in [5.41, 5.74) is 0.221. The zero-order valence-corrected chi connectivity index (χ0v) is 14.9. The smallest absolute Gasteiger partial charge is 0.247 e. The SMILES string of the molecule is C[C@@H](C(=O)Nc1ccc(F)c(Cl)c1)N(c1cccc(F)c1)S(C)(=O)=O. The van der Waals surface area contributed by atoms with Crippen LogP contribution in [-0.2, 0) is 14.8 Å². The molecule has 9 heteroatoms. The Kier molecular flexibility index (Phi) is 5.64. The van der Waals surface area contributed by atoms with E-state index in [1.165, 1.54) is 31.2 Å². The molecule has 1 N–H and O–H groups in total. The zero-order chi connectivity index (χ0) is 18.8. The summed E-state index contributed by atoms with van der Waals surface area (Å²) in [7, 11) is -3.87. The van der Waals surface area contributed by atoms with Crippen LogP contribution in [0.5, 0.6) is 0 Å². The number of carbonyl (C=O) groups excluding carboxylic acids is 1. The molecule has 0 aliphatic carbocycles. The Bertz CT molecular complexity index is 906. The molecule has 0 aliphatic heterocycles. The van der Waals surface area contributed by atoms with Crippen molar-refractivity contribution in [3.8, 4) is 0 Å². The van der Waals surface area contributed by atoms with Gasteiger partial charge in [-0.3, -0.25) is 9.10 Å². The van der Waals surface area contributed by atoms with Crippen molar-refractivity contribution in [1.29, 1.82) is 0 Å². The Morgan fingerprint density at radius 3 is 2.44 bits per heavy atom. The van der Waals surface area contributed by atoms with Crippen molar-refractivity contribution in [1.82, 2.24) is 0 Å². The van der Waals surface area contributed by atoms with Gasteiger partial charge in [0.05, 0.1) is 17.0 Å². The molecule has 1 amide bonds. The summed E-state index contributed by atoms with van der Waals surface area (Å²) >= 11 is 5.65. The molecule has 2 aromatic rings. The Labute approximate surface area is 149 Å². The maximum Gasteiger partial charge on any atom is 0.247 e. The molecule has 0 bridgehead atoms. The Balaban J connectivity index is 2.31. The van der Waals surface area contributed by atoms with E-state index in [1.807, 2.05) is 0 Å². The lowest BCUT2D eigenvalue weighted by atomic mass is 10.2. The minimum absolute atomic E-state index is 0.0160. The average Bonchev–Trinajstić information content (AvgIpc) is 2.49. The number of benzene rings is 2. The molecule has 0 heterocycles. The van der Waals surface area contributed by atoms with Crippen LogP contribution < -0.4 is 9.62 Å². The highest BCUT2D eigenvalue weighted by molar-refractivity contribution is 7.92. The van der Waals surface area contributed by atoms with E-state index in [2.05, 4.69) is 5.32 Å². The number of halogens is 3. The fourth-order valence-electron chi connectivity index (χ4n) is 2.24. The largest absolute Gasteiger partial charge is 0.324 e. The maximum atomic E-state index is 13.4. The van der Waals surface area contributed by atoms with Gasteiger partial charge in [-0.25, -0.2) is 17.2 Å². The van der Waals surface area contributed by atoms with Gasteiger partial charge in [0.15, 0.2) is 0 Å². The van der Waals surface area contributed by atoms with E-state index in [4.69, 9.17) is 11.6 Å². The number of rotatable bonds is 5. The Morgan fingerprint density at radius 1 is 1.20 bits per heavy atom. The summed E-state index contributed by atoms with van der Waals surface area (Å²) in [4.78, 5) is 12.4. The van der Waals surface area contributed by atoms with Crippen LogP contribution in [0.3, 0.4) is 0 Å². The summed E-state index contributed by atoms with van der Waals surface area (Å²) in [5, 5.41) is 2.27. The fourth-order valence-corrected chi connectivity index (χ4v) is 3.59. The lowest BCUT2D eigenvalue weighted by Crippen LogP contribution is -2.45. The van der Waals surface area contributed by atoms with Crippen molar-refractivity contribution in [2.45, 2.75) is 13.0 Å². The molecule has 2 aromatic carbocycles. The average molecular weight is 389 g/mol. The number of nitrogens with one attached hydrogen (secondary N) is 1. The molecule has 134 valence electrons. The molecule has 0 aromatic heterocycles. The van der Waals surface area contributed by atoms with Crippen molar-refractivity contribution in [3.63, 3.8) is 0 Å². The fraction of sp³-hybridized carbons (Fsp3) is 0.188. The normalized spacial score (nSPS) is 12.5. The number of amides is 1. The van der Waals surface area contributed by atoms with E-state index in [1.54, 1.807) is 0 Å². The highest BCUT2D eigenvalue weighted by Gasteiger charge is 2.29. The third-order valence-electron chi connectivity index (χ3n) is 3.34. The van der Waals surface area contributed by atoms with Gasteiger partial charge >= 0.3 is 0 Å². The second kappa shape index (κ2) is 7.37. The number of hydrogen-bond acceptors (Lipinski definition) is 3. The van der Waals surface area contributed by atoms with Gasteiger partial charge in [0, 0.05) is 5.69 Å². The third kappa shape index (κ3) is 4.67. The highest BCUT2D eigenvalue weighted by Crippen LogP contribution is 2.23. The van der Waals surface area contributed by atoms with E-state index in [-0.39, 0.29) is 16.4 Å². The minimum atomic E-state index is -3.87. The third-order valence-corrected chi connectivity index (χ3v) is 4.87. The van der Waals surface area contributed by atoms with E-state index < -0.39 is 33.6 Å². The number of carbonyl (C=O) groups is 1. The van der Waals surface area contributed by atoms with Crippen LogP contribution in [0, 0.1) is 11.6 Å². The number of sulfonamides is 1. The van der Waals surface area contributed by atoms with Crippen molar-refractivity contribution in [2.24, 2.45) is 0 Å². The molecule has 2 rings (SSSR count). The van der Waals surface area contributed by atoms with E-state index >= 15 is 0 Å². The molecular weight excluding hydrogens is 374 g/mol. The van der Waals surface area contributed by atoms with E-state index in [0.717, 1.165) is 28.8 Å². The van der Waals surface area contributed by atoms with Crippen molar-refractivity contribution < 1.29 is 22.0 Å². The van der Waals surface area contributed by atoms with Crippen molar-refractivity contribution >= 4 is 38.9 Å². The maximum absolute atomic E-state index is 13.4. The van der Waals surface area contributed by atoms with Crippen LogP contribution in [-0.4, -0.2) is 26.6 Å². The van der Waals surface area contributed by atoms with Gasteiger partial charge in [-0.15, -0.1) is 0 Å². The van der Waals surface area contributed by atoms with Crippen LogP contribution in [0.2, 0.25) is 5.02 Å². The number of nitrogens with zero attached hydrogens (tertiary/aromatic N) is 1. The molecule has 25 heavy (non-hydrogen) atoms. The van der Waals surface area contributed by atoms with Gasteiger partial charge < -0.3 is 5.32 Å². The summed E-state index contributed by atoms with van der Waals surface area (Å²) in [5.74, 6) is -1.97. The molecule has 0 spiro atoms. The van der Waals surface area contributed by atoms with Gasteiger partial charge in [-0.1, -0.05) is 17.7 Å². The first-order valence-electron chi connectivity index (χ1n) is 7.10. The molecule has 5 nitrogen and oxygen atoms in total. The molecule has 0 saturated heterocycles. The standard InChI is InChI=1S/C16H15ClF2N2O3S/c1-10(16(22)20-12-6-7-15(19)14(17)9-12)21(25(2,23)24)13-5-3-4-11(18)8-13/h3-10H,1-2H3,(H,20,22)/t10-/m0/s1. The van der Waals surface area contributed by atoms with Crippen LogP contribution in [0.1, 0.15) is 6.92 Å². The number of hydrogen-bond donors (Lipinski definition) is 1. The van der Waals surface area contributed by atoms with Crippen LogP contribution >= 0.6 is 11.6 Å². The zero-order valence-electron chi connectivity index (χ0n) is 13.3.